The number of hydrogen-bond donors (Lipinski definition) is 2. The molecule has 0 bridgehead atoms. The normalized spacial score (nSPS) is 12.2. The van der Waals surface area contributed by atoms with Gasteiger partial charge in [0, 0.05) is 24.3 Å². The molecule has 0 aliphatic heterocycles. The number of rotatable bonds is 6. The number of nitrogens with zero attached hydrogens (tertiary/aromatic N) is 1. The molecule has 0 aliphatic carbocycles. The van der Waals surface area contributed by atoms with Crippen LogP contribution in [0.4, 0.5) is 4.79 Å². The molecular weight excluding hydrogens is 365 g/mol. The highest BCUT2D eigenvalue weighted by Gasteiger charge is 2.11. The van der Waals surface area contributed by atoms with E-state index in [1.807, 2.05) is 18.4 Å². The summed E-state index contributed by atoms with van der Waals surface area (Å²) in [4.78, 5) is 16.5. The molecule has 0 spiro atoms. The number of carbonyl (C=O) groups excluding carboxylic acids is 1. The van der Waals surface area contributed by atoms with Crippen molar-refractivity contribution in [1.29, 1.82) is 0 Å². The molecule has 0 radical (unpaired) electrons. The molecule has 0 saturated carbocycles. The molecule has 1 atom stereocenters. The molecule has 2 aromatic rings. The lowest BCUT2D eigenvalue weighted by Crippen LogP contribution is -2.38. The van der Waals surface area contributed by atoms with Crippen molar-refractivity contribution >= 4 is 40.6 Å². The highest BCUT2D eigenvalue weighted by Crippen LogP contribution is 2.25. The Kier molecular flexibility index (Phi) is 6.90. The fraction of sp³-hybridized carbons (Fsp3) is 0.412. The number of urea groups is 1. The molecule has 1 aromatic carbocycles. The molecule has 4 nitrogen and oxygen atoms in total. The van der Waals surface area contributed by atoms with Gasteiger partial charge in [-0.2, -0.15) is 0 Å². The van der Waals surface area contributed by atoms with Crippen molar-refractivity contribution in [2.45, 2.75) is 39.2 Å². The molecular formula is C17H21Cl2N3OS. The van der Waals surface area contributed by atoms with Crippen LogP contribution in [0, 0.1) is 0 Å². The van der Waals surface area contributed by atoms with Crippen LogP contribution >= 0.6 is 34.5 Å². The van der Waals surface area contributed by atoms with E-state index in [2.05, 4.69) is 29.5 Å². The van der Waals surface area contributed by atoms with Gasteiger partial charge in [-0.1, -0.05) is 43.1 Å². The number of hydrogen-bond acceptors (Lipinski definition) is 3. The Bertz CT molecular complexity index is 703. The van der Waals surface area contributed by atoms with Crippen LogP contribution in [0.5, 0.6) is 0 Å². The van der Waals surface area contributed by atoms with Gasteiger partial charge in [0.1, 0.15) is 0 Å². The smallest absolute Gasteiger partial charge is 0.315 e. The summed E-state index contributed by atoms with van der Waals surface area (Å²) in [6.07, 6.45) is 0.720. The Morgan fingerprint density at radius 2 is 2.00 bits per heavy atom. The summed E-state index contributed by atoms with van der Waals surface area (Å²) in [6.45, 7) is 6.69. The number of amides is 2. The van der Waals surface area contributed by atoms with Crippen LogP contribution in [0.3, 0.4) is 0 Å². The summed E-state index contributed by atoms with van der Waals surface area (Å²) in [5.74, 6) is 0.437. The molecule has 1 heterocycles. The summed E-state index contributed by atoms with van der Waals surface area (Å²) >= 11 is 13.6. The Balaban J connectivity index is 1.78. The van der Waals surface area contributed by atoms with Gasteiger partial charge in [0.2, 0.25) is 0 Å². The van der Waals surface area contributed by atoms with Crippen LogP contribution in [0.25, 0.3) is 0 Å². The minimum atomic E-state index is -0.215. The first-order chi connectivity index (χ1) is 11.4. The van der Waals surface area contributed by atoms with E-state index in [0.717, 1.165) is 22.7 Å². The zero-order valence-electron chi connectivity index (χ0n) is 13.9. The van der Waals surface area contributed by atoms with Crippen LogP contribution in [0.2, 0.25) is 10.0 Å². The maximum Gasteiger partial charge on any atom is 0.315 e. The SMILES string of the molecule is CC(C)c1nc(CCNC(=O)N[C@H](C)c2ccc(Cl)c(Cl)c2)cs1. The van der Waals surface area contributed by atoms with E-state index >= 15 is 0 Å². The van der Waals surface area contributed by atoms with E-state index in [4.69, 9.17) is 23.2 Å². The second-order valence-electron chi connectivity index (χ2n) is 5.88. The summed E-state index contributed by atoms with van der Waals surface area (Å²) in [7, 11) is 0. The minimum Gasteiger partial charge on any atom is -0.338 e. The van der Waals surface area contributed by atoms with Gasteiger partial charge < -0.3 is 10.6 Å². The van der Waals surface area contributed by atoms with Crippen LogP contribution in [-0.2, 0) is 6.42 Å². The number of aromatic nitrogens is 1. The lowest BCUT2D eigenvalue weighted by Gasteiger charge is -2.15. The lowest BCUT2D eigenvalue weighted by molar-refractivity contribution is 0.238. The third-order valence-electron chi connectivity index (χ3n) is 3.52. The van der Waals surface area contributed by atoms with Crippen molar-refractivity contribution in [3.63, 3.8) is 0 Å². The third-order valence-corrected chi connectivity index (χ3v) is 5.45. The number of thiazole rings is 1. The van der Waals surface area contributed by atoms with Gasteiger partial charge >= 0.3 is 6.03 Å². The second kappa shape index (κ2) is 8.70. The molecule has 130 valence electrons. The van der Waals surface area contributed by atoms with E-state index in [-0.39, 0.29) is 12.1 Å². The van der Waals surface area contributed by atoms with Gasteiger partial charge in [0.15, 0.2) is 0 Å². The van der Waals surface area contributed by atoms with Gasteiger partial charge in [0.05, 0.1) is 26.8 Å². The summed E-state index contributed by atoms with van der Waals surface area (Å²) in [5.41, 5.74) is 1.92. The predicted octanol–water partition coefficient (Wildman–Crippen LogP) is 5.18. The van der Waals surface area contributed by atoms with Crippen LogP contribution in [-0.4, -0.2) is 17.6 Å². The van der Waals surface area contributed by atoms with E-state index in [1.165, 1.54) is 0 Å². The second-order valence-corrected chi connectivity index (χ2v) is 7.58. The third kappa shape index (κ3) is 5.36. The van der Waals surface area contributed by atoms with E-state index in [1.54, 1.807) is 23.5 Å². The Morgan fingerprint density at radius 3 is 2.62 bits per heavy atom. The molecule has 0 aliphatic rings. The predicted molar refractivity (Wildman–Crippen MR) is 101 cm³/mol. The monoisotopic (exact) mass is 385 g/mol. The van der Waals surface area contributed by atoms with E-state index < -0.39 is 0 Å². The Labute approximate surface area is 156 Å². The van der Waals surface area contributed by atoms with Crippen molar-refractivity contribution in [3.05, 3.63) is 49.9 Å². The van der Waals surface area contributed by atoms with E-state index in [0.29, 0.717) is 22.5 Å². The van der Waals surface area contributed by atoms with Crippen molar-refractivity contribution < 1.29 is 4.79 Å². The molecule has 2 N–H and O–H groups in total. The summed E-state index contributed by atoms with van der Waals surface area (Å²) < 4.78 is 0. The molecule has 24 heavy (non-hydrogen) atoms. The highest BCUT2D eigenvalue weighted by molar-refractivity contribution is 7.09. The molecule has 0 unspecified atom stereocenters. The molecule has 2 rings (SSSR count). The van der Waals surface area contributed by atoms with Gasteiger partial charge in [-0.15, -0.1) is 11.3 Å². The van der Waals surface area contributed by atoms with Crippen molar-refractivity contribution in [2.24, 2.45) is 0 Å². The number of carbonyl (C=O) groups is 1. The first kappa shape index (κ1) is 19.0. The molecule has 0 fully saturated rings. The fourth-order valence-electron chi connectivity index (χ4n) is 2.12. The van der Waals surface area contributed by atoms with Crippen molar-refractivity contribution in [2.75, 3.05) is 6.54 Å². The van der Waals surface area contributed by atoms with Gasteiger partial charge in [-0.05, 0) is 24.6 Å². The van der Waals surface area contributed by atoms with Crippen LogP contribution in [0.15, 0.2) is 23.6 Å². The average molecular weight is 386 g/mol. The van der Waals surface area contributed by atoms with E-state index in [9.17, 15) is 4.79 Å². The number of halogens is 2. The lowest BCUT2D eigenvalue weighted by atomic mass is 10.1. The summed E-state index contributed by atoms with van der Waals surface area (Å²) in [5, 5.41) is 9.89. The quantitative estimate of drug-likeness (QED) is 0.719. The molecule has 7 heteroatoms. The van der Waals surface area contributed by atoms with Crippen molar-refractivity contribution in [1.82, 2.24) is 15.6 Å². The zero-order chi connectivity index (χ0) is 17.7. The van der Waals surface area contributed by atoms with Gasteiger partial charge in [0.25, 0.3) is 0 Å². The minimum absolute atomic E-state index is 0.161. The highest BCUT2D eigenvalue weighted by atomic mass is 35.5. The topological polar surface area (TPSA) is 54.0 Å². The average Bonchev–Trinajstić information content (AvgIpc) is 2.99. The first-order valence-corrected chi connectivity index (χ1v) is 9.44. The molecule has 0 saturated heterocycles. The largest absolute Gasteiger partial charge is 0.338 e. The maximum absolute atomic E-state index is 12.0. The molecule has 2 amide bonds. The standard InChI is InChI=1S/C17H21Cl2N3OS/c1-10(2)16-22-13(9-24-16)6-7-20-17(23)21-11(3)12-4-5-14(18)15(19)8-12/h4-5,8-11H,6-7H2,1-3H3,(H2,20,21,23)/t11-/m1/s1. The number of benzene rings is 1. The van der Waals surface area contributed by atoms with Gasteiger partial charge in [-0.3, -0.25) is 0 Å². The zero-order valence-corrected chi connectivity index (χ0v) is 16.2. The number of nitrogens with one attached hydrogen (secondary N) is 2. The molecule has 1 aromatic heterocycles. The van der Waals surface area contributed by atoms with Crippen LogP contribution < -0.4 is 10.6 Å². The Hall–Kier alpha value is -1.30. The maximum atomic E-state index is 12.0. The van der Waals surface area contributed by atoms with Crippen LogP contribution in [0.1, 0.15) is 49.0 Å². The summed E-state index contributed by atoms with van der Waals surface area (Å²) in [6, 6.07) is 4.96. The first-order valence-electron chi connectivity index (χ1n) is 7.80. The fourth-order valence-corrected chi connectivity index (χ4v) is 3.30. The van der Waals surface area contributed by atoms with Gasteiger partial charge in [-0.25, -0.2) is 9.78 Å². The Morgan fingerprint density at radius 1 is 1.25 bits per heavy atom. The van der Waals surface area contributed by atoms with Crippen molar-refractivity contribution in [3.8, 4) is 0 Å².